The first kappa shape index (κ1) is 17.6. The first-order valence-corrected chi connectivity index (χ1v) is 8.22. The lowest BCUT2D eigenvalue weighted by atomic mass is 9.86. The largest absolute Gasteiger partial charge is 0.357 e. The van der Waals surface area contributed by atoms with Gasteiger partial charge in [-0.05, 0) is 31.6 Å². The third-order valence-corrected chi connectivity index (χ3v) is 4.91. The second kappa shape index (κ2) is 7.66. The van der Waals surface area contributed by atoms with Gasteiger partial charge in [0.1, 0.15) is 0 Å². The van der Waals surface area contributed by atoms with Crippen molar-refractivity contribution in [2.24, 2.45) is 17.5 Å². The van der Waals surface area contributed by atoms with Gasteiger partial charge in [-0.2, -0.15) is 5.10 Å². The molecule has 1 saturated carbocycles. The summed E-state index contributed by atoms with van der Waals surface area (Å²) in [6, 6.07) is 0. The monoisotopic (exact) mass is 417 g/mol. The molecule has 2 heterocycles. The Balaban J connectivity index is 0.00000176. The van der Waals surface area contributed by atoms with Crippen LogP contribution in [-0.2, 0) is 13.6 Å². The molecule has 0 atom stereocenters. The Hall–Kier alpha value is -0.790. The van der Waals surface area contributed by atoms with E-state index in [2.05, 4.69) is 22.2 Å². The van der Waals surface area contributed by atoms with Gasteiger partial charge in [-0.1, -0.05) is 12.8 Å². The Labute approximate surface area is 150 Å². The van der Waals surface area contributed by atoms with Crippen LogP contribution in [0.5, 0.6) is 0 Å². The summed E-state index contributed by atoms with van der Waals surface area (Å²) in [5, 5.41) is 7.67. The van der Waals surface area contributed by atoms with Crippen molar-refractivity contribution < 1.29 is 0 Å². The van der Waals surface area contributed by atoms with Crippen LogP contribution >= 0.6 is 24.0 Å². The SMILES string of the molecule is CCNC(=NCc1cnn(C)c1)N1CCC2(CCCC2)C1.I. The number of likely N-dealkylation sites (tertiary alicyclic amines) is 1. The summed E-state index contributed by atoms with van der Waals surface area (Å²) in [7, 11) is 1.95. The molecule has 22 heavy (non-hydrogen) atoms. The lowest BCUT2D eigenvalue weighted by Gasteiger charge is -2.25. The second-order valence-electron chi connectivity index (χ2n) is 6.57. The number of halogens is 1. The maximum atomic E-state index is 4.81. The summed E-state index contributed by atoms with van der Waals surface area (Å²) < 4.78 is 1.83. The van der Waals surface area contributed by atoms with E-state index in [4.69, 9.17) is 4.99 Å². The minimum absolute atomic E-state index is 0. The number of hydrogen-bond acceptors (Lipinski definition) is 2. The van der Waals surface area contributed by atoms with Gasteiger partial charge in [0.05, 0.1) is 12.7 Å². The predicted molar refractivity (Wildman–Crippen MR) is 101 cm³/mol. The van der Waals surface area contributed by atoms with Crippen LogP contribution in [0.4, 0.5) is 0 Å². The zero-order valence-corrected chi connectivity index (χ0v) is 16.0. The number of nitrogens with zero attached hydrogens (tertiary/aromatic N) is 4. The standard InChI is InChI=1S/C16H27N5.HI/c1-3-17-15(18-10-14-11-19-20(2)12-14)21-9-8-16(13-21)6-4-5-7-16;/h11-12H,3-10,13H2,1-2H3,(H,17,18);1H. The number of aryl methyl sites for hydroxylation is 1. The highest BCUT2D eigenvalue weighted by Gasteiger charge is 2.41. The molecule has 2 aliphatic rings. The lowest BCUT2D eigenvalue weighted by molar-refractivity contribution is 0.309. The van der Waals surface area contributed by atoms with Gasteiger partial charge in [-0.15, -0.1) is 24.0 Å². The third-order valence-electron chi connectivity index (χ3n) is 4.91. The van der Waals surface area contributed by atoms with Crippen molar-refractivity contribution in [3.05, 3.63) is 18.0 Å². The Morgan fingerprint density at radius 1 is 1.36 bits per heavy atom. The van der Waals surface area contributed by atoms with E-state index in [-0.39, 0.29) is 24.0 Å². The van der Waals surface area contributed by atoms with E-state index in [0.717, 1.165) is 19.0 Å². The molecule has 1 aliphatic carbocycles. The van der Waals surface area contributed by atoms with Crippen LogP contribution in [0.15, 0.2) is 17.4 Å². The van der Waals surface area contributed by atoms with Crippen LogP contribution in [0.3, 0.4) is 0 Å². The number of hydrogen-bond donors (Lipinski definition) is 1. The summed E-state index contributed by atoms with van der Waals surface area (Å²) in [4.78, 5) is 7.28. The van der Waals surface area contributed by atoms with Crippen molar-refractivity contribution in [1.29, 1.82) is 0 Å². The summed E-state index contributed by atoms with van der Waals surface area (Å²) in [5.74, 6) is 1.07. The van der Waals surface area contributed by atoms with E-state index in [1.165, 1.54) is 44.2 Å². The van der Waals surface area contributed by atoms with Crippen LogP contribution < -0.4 is 5.32 Å². The molecule has 1 spiro atoms. The van der Waals surface area contributed by atoms with Gasteiger partial charge in [0.2, 0.25) is 0 Å². The zero-order chi connectivity index (χ0) is 14.7. The Bertz CT molecular complexity index is 504. The molecule has 1 N–H and O–H groups in total. The predicted octanol–water partition coefficient (Wildman–Crippen LogP) is 2.77. The highest BCUT2D eigenvalue weighted by molar-refractivity contribution is 14.0. The first-order chi connectivity index (χ1) is 10.2. The first-order valence-electron chi connectivity index (χ1n) is 8.22. The highest BCUT2D eigenvalue weighted by Crippen LogP contribution is 2.45. The Kier molecular flexibility index (Phi) is 6.11. The van der Waals surface area contributed by atoms with Crippen LogP contribution in [0, 0.1) is 5.41 Å². The maximum absolute atomic E-state index is 4.81. The minimum Gasteiger partial charge on any atom is -0.357 e. The molecule has 0 unspecified atom stereocenters. The fourth-order valence-electron chi connectivity index (χ4n) is 3.79. The molecule has 0 radical (unpaired) electrons. The normalized spacial score (nSPS) is 20.5. The van der Waals surface area contributed by atoms with Gasteiger partial charge >= 0.3 is 0 Å². The lowest BCUT2D eigenvalue weighted by Crippen LogP contribution is -2.41. The molecule has 2 fully saturated rings. The Morgan fingerprint density at radius 2 is 2.14 bits per heavy atom. The Morgan fingerprint density at radius 3 is 2.77 bits per heavy atom. The van der Waals surface area contributed by atoms with Gasteiger partial charge < -0.3 is 10.2 Å². The van der Waals surface area contributed by atoms with Crippen LogP contribution in [-0.4, -0.2) is 40.3 Å². The highest BCUT2D eigenvalue weighted by atomic mass is 127. The molecule has 5 nitrogen and oxygen atoms in total. The van der Waals surface area contributed by atoms with Gasteiger partial charge in [-0.25, -0.2) is 4.99 Å². The molecule has 1 aliphatic heterocycles. The summed E-state index contributed by atoms with van der Waals surface area (Å²) in [5.41, 5.74) is 1.76. The molecular formula is C16H28IN5. The van der Waals surface area contributed by atoms with E-state index in [0.29, 0.717) is 12.0 Å². The van der Waals surface area contributed by atoms with Crippen LogP contribution in [0.1, 0.15) is 44.6 Å². The number of aromatic nitrogens is 2. The maximum Gasteiger partial charge on any atom is 0.194 e. The van der Waals surface area contributed by atoms with E-state index < -0.39 is 0 Å². The summed E-state index contributed by atoms with van der Waals surface area (Å²) in [6.45, 7) is 6.11. The topological polar surface area (TPSA) is 45.5 Å². The molecule has 1 aromatic heterocycles. The van der Waals surface area contributed by atoms with E-state index in [1.54, 1.807) is 0 Å². The van der Waals surface area contributed by atoms with Crippen molar-refractivity contribution in [2.75, 3.05) is 19.6 Å². The van der Waals surface area contributed by atoms with Crippen molar-refractivity contribution >= 4 is 29.9 Å². The average molecular weight is 417 g/mol. The van der Waals surface area contributed by atoms with Gasteiger partial charge in [0, 0.05) is 38.4 Å². The molecule has 0 aromatic carbocycles. The molecule has 1 saturated heterocycles. The van der Waals surface area contributed by atoms with Crippen LogP contribution in [0.2, 0.25) is 0 Å². The molecule has 1 aromatic rings. The summed E-state index contributed by atoms with van der Waals surface area (Å²) >= 11 is 0. The van der Waals surface area contributed by atoms with E-state index >= 15 is 0 Å². The minimum atomic E-state index is 0. The third kappa shape index (κ3) is 3.94. The summed E-state index contributed by atoms with van der Waals surface area (Å²) in [6.07, 6.45) is 10.9. The number of nitrogens with one attached hydrogen (secondary N) is 1. The molecular weight excluding hydrogens is 389 g/mol. The molecule has 124 valence electrons. The smallest absolute Gasteiger partial charge is 0.194 e. The van der Waals surface area contributed by atoms with Gasteiger partial charge in [-0.3, -0.25) is 4.68 Å². The average Bonchev–Trinajstić information content (AvgIpc) is 3.19. The van der Waals surface area contributed by atoms with Crippen LogP contribution in [0.25, 0.3) is 0 Å². The van der Waals surface area contributed by atoms with Crippen molar-refractivity contribution in [3.8, 4) is 0 Å². The van der Waals surface area contributed by atoms with Crippen molar-refractivity contribution in [2.45, 2.75) is 45.6 Å². The number of guanidine groups is 1. The van der Waals surface area contributed by atoms with Crippen molar-refractivity contribution in [1.82, 2.24) is 20.0 Å². The second-order valence-corrected chi connectivity index (χ2v) is 6.57. The molecule has 0 bridgehead atoms. The fraction of sp³-hybridized carbons (Fsp3) is 0.750. The molecule has 0 amide bonds. The van der Waals surface area contributed by atoms with E-state index in [1.807, 2.05) is 24.1 Å². The van der Waals surface area contributed by atoms with Gasteiger partial charge in [0.15, 0.2) is 5.96 Å². The van der Waals surface area contributed by atoms with Gasteiger partial charge in [0.25, 0.3) is 0 Å². The fourth-order valence-corrected chi connectivity index (χ4v) is 3.79. The quantitative estimate of drug-likeness (QED) is 0.468. The number of rotatable bonds is 3. The molecule has 3 rings (SSSR count). The van der Waals surface area contributed by atoms with Crippen molar-refractivity contribution in [3.63, 3.8) is 0 Å². The molecule has 6 heteroatoms. The van der Waals surface area contributed by atoms with E-state index in [9.17, 15) is 0 Å². The number of aliphatic imine (C=N–C) groups is 1. The zero-order valence-electron chi connectivity index (χ0n) is 13.7.